The Balaban J connectivity index is 1.85. The van der Waals surface area contributed by atoms with Gasteiger partial charge in [0.25, 0.3) is 5.91 Å². The number of benzene rings is 2. The third-order valence-corrected chi connectivity index (χ3v) is 5.04. The van der Waals surface area contributed by atoms with Gasteiger partial charge in [-0.05, 0) is 48.9 Å². The second-order valence-electron chi connectivity index (χ2n) is 5.99. The van der Waals surface area contributed by atoms with Crippen LogP contribution in [0.5, 0.6) is 11.5 Å². The minimum atomic E-state index is -0.447. The number of esters is 1. The highest BCUT2D eigenvalue weighted by Crippen LogP contribution is 2.19. The van der Waals surface area contributed by atoms with Crippen LogP contribution in [0.4, 0.5) is 0 Å². The number of methoxy groups -OCH3 is 2. The number of ether oxygens (including phenoxy) is 3. The third kappa shape index (κ3) is 4.58. The molecule has 0 radical (unpaired) electrons. The van der Waals surface area contributed by atoms with E-state index in [2.05, 4.69) is 4.99 Å². The molecule has 0 saturated carbocycles. The zero-order valence-electron chi connectivity index (χ0n) is 15.8. The van der Waals surface area contributed by atoms with E-state index in [9.17, 15) is 9.59 Å². The lowest BCUT2D eigenvalue weighted by atomic mass is 10.2. The molecule has 2 aromatic carbocycles. The van der Waals surface area contributed by atoms with Crippen LogP contribution in [0.3, 0.4) is 0 Å². The summed E-state index contributed by atoms with van der Waals surface area (Å²) < 4.78 is 17.9. The van der Waals surface area contributed by atoms with E-state index in [1.807, 2.05) is 25.1 Å². The van der Waals surface area contributed by atoms with Crippen LogP contribution in [0.2, 0.25) is 0 Å². The highest BCUT2D eigenvalue weighted by atomic mass is 32.1. The first-order chi connectivity index (χ1) is 13.5. The lowest BCUT2D eigenvalue weighted by molar-refractivity contribution is -0.141. The number of carbonyl (C=O) groups is 2. The predicted molar refractivity (Wildman–Crippen MR) is 106 cm³/mol. The van der Waals surface area contributed by atoms with Crippen LogP contribution in [-0.4, -0.2) is 37.3 Å². The number of thiazole rings is 1. The number of fused-ring (bicyclic) bond motifs is 1. The molecule has 28 heavy (non-hydrogen) atoms. The molecule has 1 heterocycles. The van der Waals surface area contributed by atoms with Gasteiger partial charge in [0, 0.05) is 0 Å². The number of aromatic nitrogens is 1. The summed E-state index contributed by atoms with van der Waals surface area (Å²) >= 11 is 1.34. The molecule has 0 saturated heterocycles. The van der Waals surface area contributed by atoms with Gasteiger partial charge in [0.2, 0.25) is 0 Å². The molecule has 0 bridgehead atoms. The van der Waals surface area contributed by atoms with E-state index >= 15 is 0 Å². The summed E-state index contributed by atoms with van der Waals surface area (Å²) in [6.07, 6.45) is 0. The topological polar surface area (TPSA) is 79.1 Å². The van der Waals surface area contributed by atoms with Gasteiger partial charge in [-0.2, -0.15) is 4.99 Å². The van der Waals surface area contributed by atoms with E-state index in [0.717, 1.165) is 15.8 Å². The molecule has 0 aliphatic rings. The minimum Gasteiger partial charge on any atom is -0.497 e. The Bertz CT molecular complexity index is 1070. The molecule has 0 N–H and O–H groups in total. The van der Waals surface area contributed by atoms with Crippen molar-refractivity contribution in [3.8, 4) is 11.5 Å². The van der Waals surface area contributed by atoms with Crippen LogP contribution in [0.25, 0.3) is 10.2 Å². The Morgan fingerprint density at radius 2 is 1.79 bits per heavy atom. The highest BCUT2D eigenvalue weighted by molar-refractivity contribution is 7.16. The number of aryl methyl sites for hydroxylation is 1. The molecule has 0 aliphatic heterocycles. The number of amides is 1. The standard InChI is InChI=1S/C20H20N2O5S/c1-13-4-9-16-17(10-13)28-20(22(16)11-19(24)26-3)21-18(23)12-27-15-7-5-14(25-2)6-8-15/h4-10H,11-12H2,1-3H3. The molecule has 1 aromatic heterocycles. The van der Waals surface area contributed by atoms with Crippen molar-refractivity contribution < 1.29 is 23.8 Å². The molecule has 146 valence electrons. The lowest BCUT2D eigenvalue weighted by Gasteiger charge is -2.05. The Labute approximate surface area is 165 Å². The molecule has 0 fully saturated rings. The molecular formula is C20H20N2O5S. The van der Waals surface area contributed by atoms with Crippen LogP contribution < -0.4 is 14.3 Å². The van der Waals surface area contributed by atoms with Gasteiger partial charge in [0.1, 0.15) is 18.0 Å². The van der Waals surface area contributed by atoms with Gasteiger partial charge in [-0.3, -0.25) is 9.59 Å². The molecule has 1 amide bonds. The molecule has 7 nitrogen and oxygen atoms in total. The summed E-state index contributed by atoms with van der Waals surface area (Å²) in [5, 5.41) is 0. The number of nitrogens with zero attached hydrogens (tertiary/aromatic N) is 2. The third-order valence-electron chi connectivity index (χ3n) is 4.00. The van der Waals surface area contributed by atoms with Crippen molar-refractivity contribution in [3.05, 3.63) is 52.8 Å². The Kier molecular flexibility index (Phi) is 6.10. The van der Waals surface area contributed by atoms with Crippen molar-refractivity contribution in [1.29, 1.82) is 0 Å². The van der Waals surface area contributed by atoms with Crippen LogP contribution in [0.1, 0.15) is 5.56 Å². The summed E-state index contributed by atoms with van der Waals surface area (Å²) in [5.74, 6) is 0.382. The summed E-state index contributed by atoms with van der Waals surface area (Å²) in [5.41, 5.74) is 1.91. The fraction of sp³-hybridized carbons (Fsp3) is 0.250. The van der Waals surface area contributed by atoms with Gasteiger partial charge in [0.05, 0.1) is 24.4 Å². The molecule has 0 spiro atoms. The number of carbonyl (C=O) groups excluding carboxylic acids is 2. The van der Waals surface area contributed by atoms with Crippen molar-refractivity contribution in [2.75, 3.05) is 20.8 Å². The van der Waals surface area contributed by atoms with E-state index in [0.29, 0.717) is 16.3 Å². The first kappa shape index (κ1) is 19.6. The minimum absolute atomic E-state index is 0.0228. The molecule has 0 aliphatic carbocycles. The van der Waals surface area contributed by atoms with Crippen molar-refractivity contribution in [1.82, 2.24) is 4.57 Å². The smallest absolute Gasteiger partial charge is 0.325 e. The largest absolute Gasteiger partial charge is 0.497 e. The van der Waals surface area contributed by atoms with Crippen molar-refractivity contribution in [2.45, 2.75) is 13.5 Å². The molecule has 3 aromatic rings. The zero-order chi connectivity index (χ0) is 20.1. The zero-order valence-corrected chi connectivity index (χ0v) is 16.6. The Morgan fingerprint density at radius 3 is 2.46 bits per heavy atom. The number of hydrogen-bond donors (Lipinski definition) is 0. The number of rotatable bonds is 6. The molecular weight excluding hydrogens is 380 g/mol. The van der Waals surface area contributed by atoms with Crippen LogP contribution in [0.15, 0.2) is 47.5 Å². The summed E-state index contributed by atoms with van der Waals surface area (Å²) in [7, 11) is 2.90. The summed E-state index contributed by atoms with van der Waals surface area (Å²) in [4.78, 5) is 28.7. The number of hydrogen-bond acceptors (Lipinski definition) is 6. The first-order valence-corrected chi connectivity index (χ1v) is 9.33. The van der Waals surface area contributed by atoms with Crippen LogP contribution >= 0.6 is 11.3 Å². The fourth-order valence-electron chi connectivity index (χ4n) is 2.57. The van der Waals surface area contributed by atoms with Gasteiger partial charge >= 0.3 is 5.97 Å². The maximum absolute atomic E-state index is 12.3. The van der Waals surface area contributed by atoms with Gasteiger partial charge in [0.15, 0.2) is 11.4 Å². The highest BCUT2D eigenvalue weighted by Gasteiger charge is 2.12. The van der Waals surface area contributed by atoms with E-state index in [1.54, 1.807) is 35.9 Å². The van der Waals surface area contributed by atoms with E-state index < -0.39 is 11.9 Å². The second-order valence-corrected chi connectivity index (χ2v) is 7.00. The average Bonchev–Trinajstić information content (AvgIpc) is 3.02. The van der Waals surface area contributed by atoms with Crippen LogP contribution in [-0.2, 0) is 20.9 Å². The predicted octanol–water partition coefficient (Wildman–Crippen LogP) is 2.70. The fourth-order valence-corrected chi connectivity index (χ4v) is 3.71. The van der Waals surface area contributed by atoms with E-state index in [1.165, 1.54) is 18.4 Å². The van der Waals surface area contributed by atoms with Crippen molar-refractivity contribution in [3.63, 3.8) is 0 Å². The molecule has 8 heteroatoms. The monoisotopic (exact) mass is 400 g/mol. The van der Waals surface area contributed by atoms with E-state index in [4.69, 9.17) is 14.2 Å². The Hall–Kier alpha value is -3.13. The molecule has 3 rings (SSSR count). The van der Waals surface area contributed by atoms with Gasteiger partial charge in [-0.15, -0.1) is 0 Å². The van der Waals surface area contributed by atoms with Crippen LogP contribution in [0, 0.1) is 6.92 Å². The maximum Gasteiger partial charge on any atom is 0.325 e. The normalized spacial score (nSPS) is 11.5. The molecule has 0 atom stereocenters. The first-order valence-electron chi connectivity index (χ1n) is 8.51. The lowest BCUT2D eigenvalue weighted by Crippen LogP contribution is -2.23. The van der Waals surface area contributed by atoms with Gasteiger partial charge in [-0.1, -0.05) is 17.4 Å². The van der Waals surface area contributed by atoms with E-state index in [-0.39, 0.29) is 13.2 Å². The SMILES string of the molecule is COC(=O)Cn1c(=NC(=O)COc2ccc(OC)cc2)sc2cc(C)ccc21. The summed E-state index contributed by atoms with van der Waals surface area (Å²) in [6.45, 7) is 1.75. The maximum atomic E-state index is 12.3. The quantitative estimate of drug-likeness (QED) is 0.595. The second kappa shape index (κ2) is 8.71. The summed E-state index contributed by atoms with van der Waals surface area (Å²) in [6, 6.07) is 12.8. The molecule has 0 unspecified atom stereocenters. The van der Waals surface area contributed by atoms with Crippen molar-refractivity contribution >= 4 is 33.4 Å². The van der Waals surface area contributed by atoms with Gasteiger partial charge in [-0.25, -0.2) is 0 Å². The van der Waals surface area contributed by atoms with Gasteiger partial charge < -0.3 is 18.8 Å². The average molecular weight is 400 g/mol. The Morgan fingerprint density at radius 1 is 1.07 bits per heavy atom. The van der Waals surface area contributed by atoms with Crippen molar-refractivity contribution in [2.24, 2.45) is 4.99 Å².